The maximum Gasteiger partial charge on any atom is 0.221 e. The lowest BCUT2D eigenvalue weighted by molar-refractivity contribution is -0.114. The van der Waals surface area contributed by atoms with E-state index >= 15 is 0 Å². The Bertz CT molecular complexity index is 761. The molecule has 1 aromatic carbocycles. The van der Waals surface area contributed by atoms with Crippen LogP contribution in [0.15, 0.2) is 24.3 Å². The molecule has 27 heavy (non-hydrogen) atoms. The minimum atomic E-state index is -0.0650. The Labute approximate surface area is 164 Å². The van der Waals surface area contributed by atoms with E-state index in [1.807, 2.05) is 24.3 Å². The molecular formula is C20H27N5OS. The number of anilines is 2. The first-order valence-electron chi connectivity index (χ1n) is 9.90. The van der Waals surface area contributed by atoms with Gasteiger partial charge in [0.15, 0.2) is 5.82 Å². The second-order valence-electron chi connectivity index (χ2n) is 7.47. The highest BCUT2D eigenvalue weighted by molar-refractivity contribution is 7.09. The zero-order chi connectivity index (χ0) is 18.6. The largest absolute Gasteiger partial charge is 0.347 e. The van der Waals surface area contributed by atoms with Crippen molar-refractivity contribution >= 4 is 28.3 Å². The van der Waals surface area contributed by atoms with Crippen molar-refractivity contribution in [3.05, 3.63) is 24.3 Å². The summed E-state index contributed by atoms with van der Waals surface area (Å²) in [5, 5.41) is 3.80. The van der Waals surface area contributed by atoms with Crippen LogP contribution in [0.25, 0.3) is 11.4 Å². The van der Waals surface area contributed by atoms with Gasteiger partial charge in [0.2, 0.25) is 11.0 Å². The van der Waals surface area contributed by atoms with Gasteiger partial charge in [-0.1, -0.05) is 6.42 Å². The van der Waals surface area contributed by atoms with Gasteiger partial charge in [-0.25, -0.2) is 0 Å². The number of aromatic nitrogens is 2. The zero-order valence-corrected chi connectivity index (χ0v) is 16.7. The van der Waals surface area contributed by atoms with Crippen LogP contribution in [0.2, 0.25) is 0 Å². The van der Waals surface area contributed by atoms with Crippen LogP contribution >= 0.6 is 11.5 Å². The first kappa shape index (κ1) is 18.4. The van der Waals surface area contributed by atoms with Crippen molar-refractivity contribution in [2.45, 2.75) is 45.1 Å². The maximum absolute atomic E-state index is 11.1. The summed E-state index contributed by atoms with van der Waals surface area (Å²) in [6.07, 6.45) is 6.57. The Morgan fingerprint density at radius 1 is 1.07 bits per heavy atom. The normalized spacial score (nSPS) is 19.2. The average Bonchev–Trinajstić information content (AvgIpc) is 3.19. The van der Waals surface area contributed by atoms with Crippen molar-refractivity contribution in [3.63, 3.8) is 0 Å². The third-order valence-corrected chi connectivity index (χ3v) is 6.30. The highest BCUT2D eigenvalue weighted by Crippen LogP contribution is 2.28. The lowest BCUT2D eigenvalue weighted by Crippen LogP contribution is -2.46. The Morgan fingerprint density at radius 2 is 1.78 bits per heavy atom. The van der Waals surface area contributed by atoms with E-state index in [-0.39, 0.29) is 5.91 Å². The summed E-state index contributed by atoms with van der Waals surface area (Å²) in [5.41, 5.74) is 1.77. The third kappa shape index (κ3) is 4.47. The predicted molar refractivity (Wildman–Crippen MR) is 110 cm³/mol. The number of hydrogen-bond acceptors (Lipinski definition) is 6. The molecule has 0 spiro atoms. The van der Waals surface area contributed by atoms with Crippen LogP contribution < -0.4 is 10.2 Å². The van der Waals surface area contributed by atoms with Crippen LogP contribution in [-0.4, -0.2) is 52.4 Å². The van der Waals surface area contributed by atoms with Gasteiger partial charge in [0.25, 0.3) is 0 Å². The molecule has 0 radical (unpaired) electrons. The molecule has 0 unspecified atom stereocenters. The maximum atomic E-state index is 11.1. The molecule has 0 saturated carbocycles. The van der Waals surface area contributed by atoms with Crippen LogP contribution in [0, 0.1) is 0 Å². The molecule has 0 atom stereocenters. The van der Waals surface area contributed by atoms with E-state index in [0.29, 0.717) is 0 Å². The van der Waals surface area contributed by atoms with Crippen LogP contribution in [0.1, 0.15) is 39.0 Å². The molecule has 7 heteroatoms. The Morgan fingerprint density at radius 3 is 2.44 bits per heavy atom. The molecule has 2 fully saturated rings. The number of amides is 1. The molecule has 2 saturated heterocycles. The molecule has 1 aromatic heterocycles. The second-order valence-corrected chi connectivity index (χ2v) is 8.20. The smallest absolute Gasteiger partial charge is 0.221 e. The van der Waals surface area contributed by atoms with Crippen LogP contribution in [0.3, 0.4) is 0 Å². The van der Waals surface area contributed by atoms with E-state index in [1.165, 1.54) is 63.6 Å². The summed E-state index contributed by atoms with van der Waals surface area (Å²) in [7, 11) is 0. The number of piperidine rings is 2. The van der Waals surface area contributed by atoms with Gasteiger partial charge in [-0.3, -0.25) is 4.79 Å². The lowest BCUT2D eigenvalue weighted by Gasteiger charge is -2.40. The molecule has 3 heterocycles. The summed E-state index contributed by atoms with van der Waals surface area (Å²) in [6.45, 7) is 6.20. The predicted octanol–water partition coefficient (Wildman–Crippen LogP) is 3.62. The van der Waals surface area contributed by atoms with E-state index in [1.54, 1.807) is 0 Å². The summed E-state index contributed by atoms with van der Waals surface area (Å²) in [5.74, 6) is 0.701. The lowest BCUT2D eigenvalue weighted by atomic mass is 10.0. The fraction of sp³-hybridized carbons (Fsp3) is 0.550. The quantitative estimate of drug-likeness (QED) is 0.871. The van der Waals surface area contributed by atoms with Gasteiger partial charge < -0.3 is 15.1 Å². The SMILES string of the molecule is CC(=O)Nc1ccc(-c2nsc(N3CCC(N4CCCCC4)CC3)n2)cc1. The second kappa shape index (κ2) is 8.35. The van der Waals surface area contributed by atoms with Crippen molar-refractivity contribution in [1.82, 2.24) is 14.3 Å². The summed E-state index contributed by atoms with van der Waals surface area (Å²) >= 11 is 1.48. The highest BCUT2D eigenvalue weighted by Gasteiger charge is 2.27. The van der Waals surface area contributed by atoms with Gasteiger partial charge in [0.1, 0.15) is 0 Å². The van der Waals surface area contributed by atoms with Gasteiger partial charge >= 0.3 is 0 Å². The number of carbonyl (C=O) groups is 1. The van der Waals surface area contributed by atoms with Crippen molar-refractivity contribution in [2.24, 2.45) is 0 Å². The molecule has 6 nitrogen and oxygen atoms in total. The number of hydrogen-bond donors (Lipinski definition) is 1. The minimum absolute atomic E-state index is 0.0650. The number of likely N-dealkylation sites (tertiary alicyclic amines) is 1. The Balaban J connectivity index is 1.36. The minimum Gasteiger partial charge on any atom is -0.347 e. The van der Waals surface area contributed by atoms with Gasteiger partial charge in [-0.15, -0.1) is 0 Å². The zero-order valence-electron chi connectivity index (χ0n) is 15.9. The summed E-state index contributed by atoms with van der Waals surface area (Å²) < 4.78 is 4.55. The molecule has 1 N–H and O–H groups in total. The van der Waals surface area contributed by atoms with E-state index < -0.39 is 0 Å². The summed E-state index contributed by atoms with van der Waals surface area (Å²) in [4.78, 5) is 21.0. The van der Waals surface area contributed by atoms with Gasteiger partial charge in [-0.05, 0) is 63.0 Å². The van der Waals surface area contributed by atoms with Crippen LogP contribution in [-0.2, 0) is 4.79 Å². The van der Waals surface area contributed by atoms with Crippen molar-refractivity contribution in [2.75, 3.05) is 36.4 Å². The fourth-order valence-corrected chi connectivity index (χ4v) is 4.81. The number of benzene rings is 1. The van der Waals surface area contributed by atoms with Crippen molar-refractivity contribution in [3.8, 4) is 11.4 Å². The molecule has 1 amide bonds. The van der Waals surface area contributed by atoms with E-state index in [4.69, 9.17) is 4.98 Å². The van der Waals surface area contributed by atoms with Gasteiger partial charge in [0, 0.05) is 48.8 Å². The van der Waals surface area contributed by atoms with E-state index in [9.17, 15) is 4.79 Å². The number of rotatable bonds is 4. The van der Waals surface area contributed by atoms with E-state index in [0.717, 1.165) is 41.3 Å². The van der Waals surface area contributed by atoms with Crippen LogP contribution in [0.4, 0.5) is 10.8 Å². The molecule has 2 aromatic rings. The average molecular weight is 386 g/mol. The third-order valence-electron chi connectivity index (χ3n) is 5.52. The van der Waals surface area contributed by atoms with Gasteiger partial charge in [0.05, 0.1) is 0 Å². The molecule has 144 valence electrons. The number of carbonyl (C=O) groups excluding carboxylic acids is 1. The monoisotopic (exact) mass is 385 g/mol. The fourth-order valence-electron chi connectivity index (χ4n) is 4.07. The summed E-state index contributed by atoms with van der Waals surface area (Å²) in [6, 6.07) is 8.44. The standard InChI is InChI=1S/C20H27N5OS/c1-15(26)21-17-7-5-16(6-8-17)19-22-20(27-23-19)25-13-9-18(10-14-25)24-11-3-2-4-12-24/h5-8,18H,2-4,9-14H2,1H3,(H,21,26). The molecule has 0 aliphatic carbocycles. The molecule has 2 aliphatic rings. The molecule has 2 aliphatic heterocycles. The van der Waals surface area contributed by atoms with Crippen molar-refractivity contribution in [1.29, 1.82) is 0 Å². The topological polar surface area (TPSA) is 61.4 Å². The number of nitrogens with zero attached hydrogens (tertiary/aromatic N) is 4. The Kier molecular flexibility index (Phi) is 5.69. The number of nitrogens with one attached hydrogen (secondary N) is 1. The van der Waals surface area contributed by atoms with Crippen molar-refractivity contribution < 1.29 is 4.79 Å². The first-order valence-corrected chi connectivity index (χ1v) is 10.7. The highest BCUT2D eigenvalue weighted by atomic mass is 32.1. The molecule has 0 bridgehead atoms. The molecular weight excluding hydrogens is 358 g/mol. The van der Waals surface area contributed by atoms with Crippen LogP contribution in [0.5, 0.6) is 0 Å². The first-order chi connectivity index (χ1) is 13.2. The Hall–Kier alpha value is -1.99. The van der Waals surface area contributed by atoms with E-state index in [2.05, 4.69) is 19.5 Å². The van der Waals surface area contributed by atoms with Gasteiger partial charge in [-0.2, -0.15) is 9.36 Å². The molecule has 4 rings (SSSR count).